The smallest absolute Gasteiger partial charge is 0.261 e. The Bertz CT molecular complexity index is 662. The molecule has 1 heterocycles. The lowest BCUT2D eigenvalue weighted by molar-refractivity contribution is -0.133. The van der Waals surface area contributed by atoms with Gasteiger partial charge < -0.3 is 9.64 Å². The molecule has 0 saturated heterocycles. The number of rotatable bonds is 8. The summed E-state index contributed by atoms with van der Waals surface area (Å²) in [5, 5.41) is 1.99. The van der Waals surface area contributed by atoms with Gasteiger partial charge in [0.2, 0.25) is 0 Å². The molecule has 0 unspecified atom stereocenters. The first kappa shape index (κ1) is 17.0. The standard InChI is InChI=1S/C18H19NO3S/c1-3-10-19(12-17-5-4-11-23-17)18(21)13-22-16-8-6-15(7-9-16)14(2)20/h3-9,11H,1,10,12-13H2,2H3. The van der Waals surface area contributed by atoms with Gasteiger partial charge >= 0.3 is 0 Å². The van der Waals surface area contributed by atoms with E-state index < -0.39 is 0 Å². The predicted molar refractivity (Wildman–Crippen MR) is 91.9 cm³/mol. The first-order chi connectivity index (χ1) is 11.1. The molecule has 4 nitrogen and oxygen atoms in total. The summed E-state index contributed by atoms with van der Waals surface area (Å²) in [6, 6.07) is 10.7. The van der Waals surface area contributed by atoms with Gasteiger partial charge in [0.05, 0.1) is 6.54 Å². The molecule has 1 aromatic carbocycles. The number of carbonyl (C=O) groups excluding carboxylic acids is 2. The Labute approximate surface area is 140 Å². The quantitative estimate of drug-likeness (QED) is 0.550. The van der Waals surface area contributed by atoms with Gasteiger partial charge in [-0.25, -0.2) is 0 Å². The van der Waals surface area contributed by atoms with Crippen LogP contribution in [0, 0.1) is 0 Å². The minimum atomic E-state index is -0.103. The molecule has 1 amide bonds. The molecule has 23 heavy (non-hydrogen) atoms. The molecule has 0 bridgehead atoms. The molecular weight excluding hydrogens is 310 g/mol. The monoisotopic (exact) mass is 329 g/mol. The van der Waals surface area contributed by atoms with E-state index in [4.69, 9.17) is 4.74 Å². The number of carbonyl (C=O) groups is 2. The first-order valence-corrected chi connectivity index (χ1v) is 8.13. The SMILES string of the molecule is C=CCN(Cc1cccs1)C(=O)COc1ccc(C(C)=O)cc1. The Morgan fingerprint density at radius 1 is 1.26 bits per heavy atom. The van der Waals surface area contributed by atoms with Crippen molar-refractivity contribution in [2.75, 3.05) is 13.2 Å². The van der Waals surface area contributed by atoms with Crippen LogP contribution in [0.1, 0.15) is 22.2 Å². The van der Waals surface area contributed by atoms with Gasteiger partial charge in [-0.1, -0.05) is 12.1 Å². The van der Waals surface area contributed by atoms with Crippen LogP contribution in [0.3, 0.4) is 0 Å². The van der Waals surface area contributed by atoms with Crippen LogP contribution >= 0.6 is 11.3 Å². The molecule has 0 saturated carbocycles. The van der Waals surface area contributed by atoms with Gasteiger partial charge in [0.25, 0.3) is 5.91 Å². The maximum Gasteiger partial charge on any atom is 0.261 e. The number of amides is 1. The molecule has 5 heteroatoms. The Morgan fingerprint density at radius 3 is 2.57 bits per heavy atom. The van der Waals surface area contributed by atoms with Gasteiger partial charge in [-0.3, -0.25) is 9.59 Å². The molecule has 2 rings (SSSR count). The zero-order valence-electron chi connectivity index (χ0n) is 13.0. The summed E-state index contributed by atoms with van der Waals surface area (Å²) < 4.78 is 5.52. The van der Waals surface area contributed by atoms with E-state index in [1.165, 1.54) is 6.92 Å². The van der Waals surface area contributed by atoms with Crippen LogP contribution in [0.2, 0.25) is 0 Å². The van der Waals surface area contributed by atoms with Crippen LogP contribution in [-0.4, -0.2) is 29.7 Å². The summed E-state index contributed by atoms with van der Waals surface area (Å²) in [6.07, 6.45) is 1.70. The molecule has 0 atom stereocenters. The van der Waals surface area contributed by atoms with Crippen LogP contribution in [-0.2, 0) is 11.3 Å². The summed E-state index contributed by atoms with van der Waals surface area (Å²) in [4.78, 5) is 26.4. The van der Waals surface area contributed by atoms with Crippen LogP contribution in [0.5, 0.6) is 5.75 Å². The van der Waals surface area contributed by atoms with Crippen molar-refractivity contribution in [1.82, 2.24) is 4.90 Å². The van der Waals surface area contributed by atoms with E-state index in [0.29, 0.717) is 24.4 Å². The fraction of sp³-hybridized carbons (Fsp3) is 0.222. The zero-order valence-corrected chi connectivity index (χ0v) is 13.8. The Kier molecular flexibility index (Phi) is 6.11. The molecule has 2 aromatic rings. The number of hydrogen-bond donors (Lipinski definition) is 0. The Hall–Kier alpha value is -2.40. The summed E-state index contributed by atoms with van der Waals surface area (Å²) >= 11 is 1.61. The normalized spacial score (nSPS) is 10.1. The number of hydrogen-bond acceptors (Lipinski definition) is 4. The zero-order chi connectivity index (χ0) is 16.7. The molecule has 0 radical (unpaired) electrons. The average Bonchev–Trinajstić information content (AvgIpc) is 3.05. The van der Waals surface area contributed by atoms with Gasteiger partial charge in [0.1, 0.15) is 5.75 Å². The number of Topliss-reactive ketones (excluding diaryl/α,β-unsaturated/α-hetero) is 1. The predicted octanol–water partition coefficient (Wildman–Crippen LogP) is 3.54. The van der Waals surface area contributed by atoms with Crippen molar-refractivity contribution in [2.24, 2.45) is 0 Å². The minimum absolute atomic E-state index is 0.000678. The second-order valence-electron chi connectivity index (χ2n) is 5.01. The highest BCUT2D eigenvalue weighted by Gasteiger charge is 2.14. The topological polar surface area (TPSA) is 46.6 Å². The van der Waals surface area contributed by atoms with Crippen molar-refractivity contribution >= 4 is 23.0 Å². The third kappa shape index (κ3) is 5.07. The molecule has 0 spiro atoms. The molecule has 1 aromatic heterocycles. The van der Waals surface area contributed by atoms with E-state index in [0.717, 1.165) is 4.88 Å². The Morgan fingerprint density at radius 2 is 2.00 bits per heavy atom. The summed E-state index contributed by atoms with van der Waals surface area (Å²) in [5.74, 6) is 0.465. The highest BCUT2D eigenvalue weighted by atomic mass is 32.1. The van der Waals surface area contributed by atoms with E-state index in [2.05, 4.69) is 6.58 Å². The van der Waals surface area contributed by atoms with Crippen LogP contribution in [0.25, 0.3) is 0 Å². The maximum absolute atomic E-state index is 12.3. The number of ether oxygens (including phenoxy) is 1. The van der Waals surface area contributed by atoms with E-state index in [1.807, 2.05) is 17.5 Å². The lowest BCUT2D eigenvalue weighted by atomic mass is 10.1. The van der Waals surface area contributed by atoms with Crippen LogP contribution in [0.15, 0.2) is 54.4 Å². The van der Waals surface area contributed by atoms with Crippen LogP contribution < -0.4 is 4.74 Å². The number of nitrogens with zero attached hydrogens (tertiary/aromatic N) is 1. The number of thiophene rings is 1. The van der Waals surface area contributed by atoms with E-state index in [1.54, 1.807) is 46.6 Å². The van der Waals surface area contributed by atoms with Gasteiger partial charge in [-0.05, 0) is 42.6 Å². The molecule has 0 N–H and O–H groups in total. The van der Waals surface area contributed by atoms with E-state index >= 15 is 0 Å². The second kappa shape index (κ2) is 8.29. The van der Waals surface area contributed by atoms with Crippen molar-refractivity contribution in [2.45, 2.75) is 13.5 Å². The third-order valence-electron chi connectivity index (χ3n) is 3.25. The first-order valence-electron chi connectivity index (χ1n) is 7.25. The highest BCUT2D eigenvalue weighted by Crippen LogP contribution is 2.14. The van der Waals surface area contributed by atoms with Crippen molar-refractivity contribution < 1.29 is 14.3 Å². The minimum Gasteiger partial charge on any atom is -0.484 e. The number of ketones is 1. The van der Waals surface area contributed by atoms with E-state index in [9.17, 15) is 9.59 Å². The Balaban J connectivity index is 1.92. The lowest BCUT2D eigenvalue weighted by Crippen LogP contribution is -2.34. The highest BCUT2D eigenvalue weighted by molar-refractivity contribution is 7.09. The fourth-order valence-electron chi connectivity index (χ4n) is 2.02. The fourth-order valence-corrected chi connectivity index (χ4v) is 2.74. The van der Waals surface area contributed by atoms with Crippen molar-refractivity contribution in [3.8, 4) is 5.75 Å². The second-order valence-corrected chi connectivity index (χ2v) is 6.04. The molecule has 0 aliphatic heterocycles. The third-order valence-corrected chi connectivity index (χ3v) is 4.11. The van der Waals surface area contributed by atoms with Gasteiger partial charge in [-0.2, -0.15) is 0 Å². The maximum atomic E-state index is 12.3. The van der Waals surface area contributed by atoms with Crippen LogP contribution in [0.4, 0.5) is 0 Å². The largest absolute Gasteiger partial charge is 0.484 e. The van der Waals surface area contributed by atoms with E-state index in [-0.39, 0.29) is 18.3 Å². The van der Waals surface area contributed by atoms with Gasteiger partial charge in [0, 0.05) is 17.0 Å². The number of benzene rings is 1. The summed E-state index contributed by atoms with van der Waals surface area (Å²) in [5.41, 5.74) is 0.620. The van der Waals surface area contributed by atoms with Crippen molar-refractivity contribution in [3.63, 3.8) is 0 Å². The molecule has 0 aliphatic carbocycles. The van der Waals surface area contributed by atoms with Crippen molar-refractivity contribution in [3.05, 3.63) is 64.9 Å². The van der Waals surface area contributed by atoms with Gasteiger partial charge in [-0.15, -0.1) is 17.9 Å². The molecular formula is C18H19NO3S. The molecule has 120 valence electrons. The average molecular weight is 329 g/mol. The molecule has 0 fully saturated rings. The summed E-state index contributed by atoms with van der Waals surface area (Å²) in [6.45, 7) is 6.19. The lowest BCUT2D eigenvalue weighted by Gasteiger charge is -2.20. The summed E-state index contributed by atoms with van der Waals surface area (Å²) in [7, 11) is 0. The van der Waals surface area contributed by atoms with Crippen molar-refractivity contribution in [1.29, 1.82) is 0 Å². The molecule has 0 aliphatic rings. The van der Waals surface area contributed by atoms with Gasteiger partial charge in [0.15, 0.2) is 12.4 Å².